The highest BCUT2D eigenvalue weighted by molar-refractivity contribution is 5.76. The standard InChI is InChI=1S/C27H41NO11/c1-15(2)13-33-25(30)38-22-10-9-20(12-23(22)39-26(31)34-14-16(3)4)11-21(28)24(29)36-18(7)19(8)37-27(32)35-17(5)6/h9-10,12,15-19,21H,11,13-14,28H2,1-8H3/t18-,19-,21-/m0/s1. The first kappa shape index (κ1) is 33.5. The van der Waals surface area contributed by atoms with Crippen molar-refractivity contribution in [1.82, 2.24) is 0 Å². The fraction of sp³-hybridized carbons (Fsp3) is 0.630. The number of nitrogens with two attached hydrogens (primary N) is 1. The molecule has 0 fully saturated rings. The third-order valence-electron chi connectivity index (χ3n) is 4.80. The molecule has 0 heterocycles. The fourth-order valence-corrected chi connectivity index (χ4v) is 2.72. The molecule has 0 bridgehead atoms. The number of rotatable bonds is 13. The van der Waals surface area contributed by atoms with Crippen LogP contribution in [0.1, 0.15) is 61.0 Å². The minimum atomic E-state index is -1.11. The summed E-state index contributed by atoms with van der Waals surface area (Å²) in [5.74, 6) is -0.785. The van der Waals surface area contributed by atoms with Crippen LogP contribution >= 0.6 is 0 Å². The van der Waals surface area contributed by atoms with Gasteiger partial charge in [-0.25, -0.2) is 14.4 Å². The number of hydrogen-bond donors (Lipinski definition) is 1. The number of ether oxygens (including phenoxy) is 7. The zero-order valence-corrected chi connectivity index (χ0v) is 23.9. The molecular weight excluding hydrogens is 514 g/mol. The van der Waals surface area contributed by atoms with Gasteiger partial charge >= 0.3 is 24.4 Å². The van der Waals surface area contributed by atoms with E-state index in [0.717, 1.165) is 0 Å². The van der Waals surface area contributed by atoms with Gasteiger partial charge in [0.05, 0.1) is 19.3 Å². The summed E-state index contributed by atoms with van der Waals surface area (Å²) in [4.78, 5) is 48.5. The summed E-state index contributed by atoms with van der Waals surface area (Å²) < 4.78 is 35.9. The average Bonchev–Trinajstić information content (AvgIpc) is 2.82. The van der Waals surface area contributed by atoms with Gasteiger partial charge in [0.2, 0.25) is 0 Å². The SMILES string of the molecule is CC(C)COC(=O)Oc1ccc(C[C@H](N)C(=O)O[C@@H](C)[C@H](C)OC(=O)OC(C)C)cc1OC(=O)OCC(C)C. The second-order valence-electron chi connectivity index (χ2n) is 10.1. The van der Waals surface area contributed by atoms with Crippen molar-refractivity contribution < 1.29 is 52.3 Å². The smallest absolute Gasteiger partial charge is 0.458 e. The maximum Gasteiger partial charge on any atom is 0.513 e. The van der Waals surface area contributed by atoms with Crippen LogP contribution < -0.4 is 15.2 Å². The lowest BCUT2D eigenvalue weighted by atomic mass is 10.1. The molecule has 0 aliphatic rings. The Bertz CT molecular complexity index is 961. The molecule has 0 aliphatic heterocycles. The normalized spacial score (nSPS) is 13.3. The van der Waals surface area contributed by atoms with Crippen LogP contribution in [-0.4, -0.2) is 62.0 Å². The predicted molar refractivity (Wildman–Crippen MR) is 139 cm³/mol. The second-order valence-corrected chi connectivity index (χ2v) is 10.1. The molecule has 0 saturated heterocycles. The van der Waals surface area contributed by atoms with Gasteiger partial charge in [0, 0.05) is 0 Å². The third-order valence-corrected chi connectivity index (χ3v) is 4.80. The summed E-state index contributed by atoms with van der Waals surface area (Å²) in [5, 5.41) is 0. The minimum absolute atomic E-state index is 0.00827. The van der Waals surface area contributed by atoms with Gasteiger partial charge in [-0.05, 0) is 63.6 Å². The first-order valence-corrected chi connectivity index (χ1v) is 12.8. The summed E-state index contributed by atoms with van der Waals surface area (Å²) in [5.41, 5.74) is 6.52. The molecular formula is C27H41NO11. The number of carbonyl (C=O) groups is 4. The quantitative estimate of drug-likeness (QED) is 0.202. The van der Waals surface area contributed by atoms with Crippen LogP contribution in [-0.2, 0) is 34.9 Å². The molecule has 0 aromatic heterocycles. The maximum absolute atomic E-state index is 12.6. The predicted octanol–water partition coefficient (Wildman–Crippen LogP) is 4.78. The molecule has 0 amide bonds. The Morgan fingerprint density at radius 1 is 0.692 bits per heavy atom. The van der Waals surface area contributed by atoms with E-state index in [4.69, 9.17) is 38.9 Å². The molecule has 1 rings (SSSR count). The van der Waals surface area contributed by atoms with Crippen molar-refractivity contribution in [3.05, 3.63) is 23.8 Å². The Kier molecular flexibility index (Phi) is 14.1. The molecule has 39 heavy (non-hydrogen) atoms. The topological polar surface area (TPSA) is 159 Å². The van der Waals surface area contributed by atoms with E-state index in [1.165, 1.54) is 12.1 Å². The molecule has 0 saturated carbocycles. The van der Waals surface area contributed by atoms with Crippen molar-refractivity contribution >= 4 is 24.4 Å². The van der Waals surface area contributed by atoms with Gasteiger partial charge in [-0.1, -0.05) is 33.8 Å². The average molecular weight is 556 g/mol. The van der Waals surface area contributed by atoms with Crippen molar-refractivity contribution in [2.24, 2.45) is 17.6 Å². The van der Waals surface area contributed by atoms with Crippen LogP contribution in [0.3, 0.4) is 0 Å². The summed E-state index contributed by atoms with van der Waals surface area (Å²) >= 11 is 0. The molecule has 0 spiro atoms. The van der Waals surface area contributed by atoms with Gasteiger partial charge in [-0.3, -0.25) is 4.79 Å². The van der Waals surface area contributed by atoms with Gasteiger partial charge in [-0.15, -0.1) is 0 Å². The van der Waals surface area contributed by atoms with Crippen LogP contribution in [0, 0.1) is 11.8 Å². The van der Waals surface area contributed by atoms with E-state index in [9.17, 15) is 19.2 Å². The molecule has 0 radical (unpaired) electrons. The first-order chi connectivity index (χ1) is 18.2. The van der Waals surface area contributed by atoms with Crippen LogP contribution in [0.25, 0.3) is 0 Å². The van der Waals surface area contributed by atoms with Crippen molar-refractivity contribution in [2.75, 3.05) is 13.2 Å². The zero-order chi connectivity index (χ0) is 29.7. The molecule has 0 unspecified atom stereocenters. The molecule has 12 heteroatoms. The summed E-state index contributed by atoms with van der Waals surface area (Å²) in [6.45, 7) is 14.2. The number of esters is 1. The van der Waals surface area contributed by atoms with E-state index in [2.05, 4.69) is 0 Å². The van der Waals surface area contributed by atoms with Crippen LogP contribution in [0.4, 0.5) is 14.4 Å². The van der Waals surface area contributed by atoms with Crippen molar-refractivity contribution in [3.8, 4) is 11.5 Å². The summed E-state index contributed by atoms with van der Waals surface area (Å²) in [6, 6.07) is 3.22. The Morgan fingerprint density at radius 2 is 1.21 bits per heavy atom. The lowest BCUT2D eigenvalue weighted by Gasteiger charge is -2.22. The third kappa shape index (κ3) is 13.7. The highest BCUT2D eigenvalue weighted by Gasteiger charge is 2.26. The van der Waals surface area contributed by atoms with Crippen LogP contribution in [0.15, 0.2) is 18.2 Å². The van der Waals surface area contributed by atoms with E-state index >= 15 is 0 Å². The molecule has 0 aliphatic carbocycles. The molecule has 1 aromatic rings. The zero-order valence-electron chi connectivity index (χ0n) is 23.9. The number of carbonyl (C=O) groups excluding carboxylic acids is 4. The Balaban J connectivity index is 2.92. The fourth-order valence-electron chi connectivity index (χ4n) is 2.72. The Labute approximate surface area is 229 Å². The Morgan fingerprint density at radius 3 is 1.72 bits per heavy atom. The first-order valence-electron chi connectivity index (χ1n) is 12.8. The van der Waals surface area contributed by atoms with Crippen molar-refractivity contribution in [3.63, 3.8) is 0 Å². The minimum Gasteiger partial charge on any atom is -0.458 e. The van der Waals surface area contributed by atoms with E-state index in [-0.39, 0.29) is 49.1 Å². The molecule has 3 atom stereocenters. The van der Waals surface area contributed by atoms with E-state index in [1.54, 1.807) is 33.8 Å². The summed E-state index contributed by atoms with van der Waals surface area (Å²) in [7, 11) is 0. The largest absolute Gasteiger partial charge is 0.513 e. The highest BCUT2D eigenvalue weighted by Crippen LogP contribution is 2.30. The molecule has 1 aromatic carbocycles. The molecule has 2 N–H and O–H groups in total. The van der Waals surface area contributed by atoms with Gasteiger partial charge in [0.1, 0.15) is 18.2 Å². The monoisotopic (exact) mass is 555 g/mol. The van der Waals surface area contributed by atoms with E-state index in [1.807, 2.05) is 27.7 Å². The van der Waals surface area contributed by atoms with E-state index in [0.29, 0.717) is 5.56 Å². The van der Waals surface area contributed by atoms with Crippen molar-refractivity contribution in [1.29, 1.82) is 0 Å². The summed E-state index contributed by atoms with van der Waals surface area (Å²) in [6.07, 6.45) is -4.79. The van der Waals surface area contributed by atoms with E-state index < -0.39 is 42.7 Å². The number of benzene rings is 1. The molecule has 220 valence electrons. The highest BCUT2D eigenvalue weighted by atomic mass is 16.8. The lowest BCUT2D eigenvalue weighted by Crippen LogP contribution is -2.39. The van der Waals surface area contributed by atoms with Gasteiger partial charge < -0.3 is 38.9 Å². The maximum atomic E-state index is 12.6. The number of hydrogen-bond acceptors (Lipinski definition) is 12. The van der Waals surface area contributed by atoms with Gasteiger partial charge in [0.15, 0.2) is 11.5 Å². The molecule has 12 nitrogen and oxygen atoms in total. The van der Waals surface area contributed by atoms with Gasteiger partial charge in [0.25, 0.3) is 0 Å². The van der Waals surface area contributed by atoms with Crippen LogP contribution in [0.2, 0.25) is 0 Å². The lowest BCUT2D eigenvalue weighted by molar-refractivity contribution is -0.155. The van der Waals surface area contributed by atoms with Crippen LogP contribution in [0.5, 0.6) is 11.5 Å². The Hall–Kier alpha value is -3.54. The second kappa shape index (κ2) is 16.4. The van der Waals surface area contributed by atoms with Gasteiger partial charge in [-0.2, -0.15) is 0 Å². The van der Waals surface area contributed by atoms with Crippen molar-refractivity contribution in [2.45, 2.75) is 86.2 Å².